The third-order valence-electron chi connectivity index (χ3n) is 6.25. The summed E-state index contributed by atoms with van der Waals surface area (Å²) in [6, 6.07) is 18.3. The summed E-state index contributed by atoms with van der Waals surface area (Å²) < 4.78 is 11.0. The maximum absolute atomic E-state index is 14.0. The Balaban J connectivity index is 1.65. The van der Waals surface area contributed by atoms with Crippen molar-refractivity contribution in [2.24, 2.45) is 0 Å². The van der Waals surface area contributed by atoms with Gasteiger partial charge in [-0.05, 0) is 51.2 Å². The summed E-state index contributed by atoms with van der Waals surface area (Å²) in [7, 11) is 0. The van der Waals surface area contributed by atoms with E-state index in [2.05, 4.69) is 0 Å². The highest BCUT2D eigenvalue weighted by Crippen LogP contribution is 2.35. The van der Waals surface area contributed by atoms with E-state index < -0.39 is 35.8 Å². The zero-order valence-electron chi connectivity index (χ0n) is 20.0. The molecular weight excluding hydrogens is 432 g/mol. The lowest BCUT2D eigenvalue weighted by Crippen LogP contribution is -2.50. The van der Waals surface area contributed by atoms with E-state index in [-0.39, 0.29) is 12.5 Å². The highest BCUT2D eigenvalue weighted by Gasteiger charge is 2.47. The van der Waals surface area contributed by atoms with Gasteiger partial charge >= 0.3 is 12.2 Å². The van der Waals surface area contributed by atoms with Gasteiger partial charge in [-0.15, -0.1) is 0 Å². The molecule has 4 rings (SSSR count). The molecule has 180 valence electrons. The van der Waals surface area contributed by atoms with Crippen LogP contribution in [-0.2, 0) is 20.7 Å². The van der Waals surface area contributed by atoms with Crippen LogP contribution in [0.4, 0.5) is 9.59 Å². The second-order valence-electron chi connectivity index (χ2n) is 9.90. The van der Waals surface area contributed by atoms with E-state index in [1.807, 2.05) is 81.4 Å². The molecule has 2 unspecified atom stereocenters. The maximum Gasteiger partial charge on any atom is 0.417 e. The number of imide groups is 1. The summed E-state index contributed by atoms with van der Waals surface area (Å²) in [5.74, 6) is -1.03. The highest BCUT2D eigenvalue weighted by atomic mass is 16.6. The van der Waals surface area contributed by atoms with Crippen LogP contribution in [0, 0.1) is 0 Å². The standard InChI is InChI=1S/C27H32N2O5/c1-27(2,3)34-25(31)28-16-10-15-22(28)23(20-13-8-5-9-14-20)24(30)29-21(18-33-26(29)32)17-19-11-6-4-7-12-19/h4-9,11-14,21-23H,10,15-18H2,1-3H3/t21-,22?,23?/m1/s1. The van der Waals surface area contributed by atoms with Crippen LogP contribution >= 0.6 is 0 Å². The molecule has 3 amide bonds. The van der Waals surface area contributed by atoms with Crippen molar-refractivity contribution in [3.8, 4) is 0 Å². The van der Waals surface area contributed by atoms with Gasteiger partial charge in [0.1, 0.15) is 12.2 Å². The Kier molecular flexibility index (Phi) is 6.91. The van der Waals surface area contributed by atoms with E-state index in [0.29, 0.717) is 19.4 Å². The quantitative estimate of drug-likeness (QED) is 0.638. The summed E-state index contributed by atoms with van der Waals surface area (Å²) >= 11 is 0. The van der Waals surface area contributed by atoms with Crippen molar-refractivity contribution in [1.82, 2.24) is 9.80 Å². The first-order chi connectivity index (χ1) is 16.2. The molecule has 2 aromatic carbocycles. The van der Waals surface area contributed by atoms with Gasteiger partial charge in [0.15, 0.2) is 0 Å². The fraction of sp³-hybridized carbons (Fsp3) is 0.444. The van der Waals surface area contributed by atoms with E-state index in [1.54, 1.807) is 4.90 Å². The van der Waals surface area contributed by atoms with Gasteiger partial charge in [-0.3, -0.25) is 4.79 Å². The van der Waals surface area contributed by atoms with Crippen LogP contribution in [0.2, 0.25) is 0 Å². The molecule has 2 aliphatic heterocycles. The second-order valence-corrected chi connectivity index (χ2v) is 9.90. The molecule has 0 saturated carbocycles. The Morgan fingerprint density at radius 2 is 1.71 bits per heavy atom. The Hall–Kier alpha value is -3.35. The number of rotatable bonds is 5. The molecule has 2 saturated heterocycles. The Bertz CT molecular complexity index is 1020. The van der Waals surface area contributed by atoms with Crippen LogP contribution in [0.5, 0.6) is 0 Å². The number of benzene rings is 2. The minimum absolute atomic E-state index is 0.154. The van der Waals surface area contributed by atoms with Gasteiger partial charge in [0.2, 0.25) is 5.91 Å². The molecule has 0 N–H and O–H groups in total. The summed E-state index contributed by atoms with van der Waals surface area (Å²) in [4.78, 5) is 42.7. The molecule has 2 aliphatic rings. The summed E-state index contributed by atoms with van der Waals surface area (Å²) in [5.41, 5.74) is 1.15. The van der Waals surface area contributed by atoms with Crippen molar-refractivity contribution in [3.63, 3.8) is 0 Å². The predicted octanol–water partition coefficient (Wildman–Crippen LogP) is 4.76. The van der Waals surface area contributed by atoms with Gasteiger partial charge in [0.25, 0.3) is 0 Å². The van der Waals surface area contributed by atoms with E-state index in [9.17, 15) is 14.4 Å². The number of carbonyl (C=O) groups excluding carboxylic acids is 3. The van der Waals surface area contributed by atoms with Crippen LogP contribution in [0.25, 0.3) is 0 Å². The molecule has 0 spiro atoms. The molecule has 7 nitrogen and oxygen atoms in total. The van der Waals surface area contributed by atoms with Crippen LogP contribution in [0.15, 0.2) is 60.7 Å². The van der Waals surface area contributed by atoms with Gasteiger partial charge in [0.05, 0.1) is 18.0 Å². The zero-order valence-corrected chi connectivity index (χ0v) is 20.0. The molecule has 0 aromatic heterocycles. The monoisotopic (exact) mass is 464 g/mol. The Morgan fingerprint density at radius 3 is 2.35 bits per heavy atom. The average Bonchev–Trinajstić information content (AvgIpc) is 3.41. The fourth-order valence-electron chi connectivity index (χ4n) is 4.79. The van der Waals surface area contributed by atoms with Crippen molar-refractivity contribution in [1.29, 1.82) is 0 Å². The Labute approximate surface area is 200 Å². The maximum atomic E-state index is 14.0. The van der Waals surface area contributed by atoms with Gasteiger partial charge in [0, 0.05) is 6.54 Å². The van der Waals surface area contributed by atoms with Gasteiger partial charge < -0.3 is 14.4 Å². The van der Waals surface area contributed by atoms with Crippen molar-refractivity contribution >= 4 is 18.1 Å². The molecule has 0 bridgehead atoms. The summed E-state index contributed by atoms with van der Waals surface area (Å²) in [5, 5.41) is 0. The zero-order chi connectivity index (χ0) is 24.3. The lowest BCUT2D eigenvalue weighted by molar-refractivity contribution is -0.132. The number of hydrogen-bond donors (Lipinski definition) is 0. The topological polar surface area (TPSA) is 76.2 Å². The summed E-state index contributed by atoms with van der Waals surface area (Å²) in [6.45, 7) is 6.13. The van der Waals surface area contributed by atoms with Crippen LogP contribution < -0.4 is 0 Å². The van der Waals surface area contributed by atoms with Crippen LogP contribution in [-0.4, -0.2) is 58.7 Å². The van der Waals surface area contributed by atoms with E-state index >= 15 is 0 Å². The molecule has 0 radical (unpaired) electrons. The predicted molar refractivity (Wildman–Crippen MR) is 127 cm³/mol. The van der Waals surface area contributed by atoms with Crippen LogP contribution in [0.1, 0.15) is 50.7 Å². The normalized spacial score (nSPS) is 21.3. The molecule has 34 heavy (non-hydrogen) atoms. The number of likely N-dealkylation sites (tertiary alicyclic amines) is 1. The first-order valence-electron chi connectivity index (χ1n) is 11.8. The van der Waals surface area contributed by atoms with E-state index in [0.717, 1.165) is 17.5 Å². The van der Waals surface area contributed by atoms with Gasteiger partial charge in [-0.25, -0.2) is 14.5 Å². The molecular formula is C27H32N2O5. The number of nitrogens with zero attached hydrogens (tertiary/aromatic N) is 2. The Morgan fingerprint density at radius 1 is 1.06 bits per heavy atom. The highest BCUT2D eigenvalue weighted by molar-refractivity contribution is 5.98. The van der Waals surface area contributed by atoms with Crippen molar-refractivity contribution in [2.45, 2.75) is 63.6 Å². The van der Waals surface area contributed by atoms with Gasteiger partial charge in [-0.1, -0.05) is 60.7 Å². The molecule has 7 heteroatoms. The SMILES string of the molecule is CC(C)(C)OC(=O)N1CCCC1C(C(=O)N1C(=O)OC[C@H]1Cc1ccccc1)c1ccccc1. The lowest BCUT2D eigenvalue weighted by Gasteiger charge is -2.34. The smallest absolute Gasteiger partial charge is 0.417 e. The molecule has 2 aromatic rings. The summed E-state index contributed by atoms with van der Waals surface area (Å²) in [6.07, 6.45) is 0.859. The second kappa shape index (κ2) is 9.87. The molecule has 0 aliphatic carbocycles. The number of cyclic esters (lactones) is 1. The molecule has 3 atom stereocenters. The first kappa shape index (κ1) is 23.8. The molecule has 2 fully saturated rings. The van der Waals surface area contributed by atoms with Crippen LogP contribution in [0.3, 0.4) is 0 Å². The molecule has 2 heterocycles. The largest absolute Gasteiger partial charge is 0.447 e. The van der Waals surface area contributed by atoms with E-state index in [1.165, 1.54) is 4.90 Å². The lowest BCUT2D eigenvalue weighted by atomic mass is 9.88. The fourth-order valence-corrected chi connectivity index (χ4v) is 4.79. The minimum Gasteiger partial charge on any atom is -0.447 e. The number of ether oxygens (including phenoxy) is 2. The number of amides is 3. The first-order valence-corrected chi connectivity index (χ1v) is 11.8. The minimum atomic E-state index is -0.694. The number of carbonyl (C=O) groups is 3. The average molecular weight is 465 g/mol. The van der Waals surface area contributed by atoms with Crippen molar-refractivity contribution in [3.05, 3.63) is 71.8 Å². The third-order valence-corrected chi connectivity index (χ3v) is 6.25. The third kappa shape index (κ3) is 5.24. The number of hydrogen-bond acceptors (Lipinski definition) is 5. The van der Waals surface area contributed by atoms with Crippen molar-refractivity contribution < 1.29 is 23.9 Å². The van der Waals surface area contributed by atoms with Crippen molar-refractivity contribution in [2.75, 3.05) is 13.2 Å². The van der Waals surface area contributed by atoms with E-state index in [4.69, 9.17) is 9.47 Å². The van der Waals surface area contributed by atoms with Gasteiger partial charge in [-0.2, -0.15) is 0 Å².